The van der Waals surface area contributed by atoms with Gasteiger partial charge in [-0.1, -0.05) is 72.8 Å². The van der Waals surface area contributed by atoms with E-state index in [1.807, 2.05) is 111 Å². The van der Waals surface area contributed by atoms with Crippen LogP contribution < -0.4 is 4.74 Å². The third kappa shape index (κ3) is 7.26. The second-order valence-electron chi connectivity index (χ2n) is 8.55. The van der Waals surface area contributed by atoms with Gasteiger partial charge < -0.3 is 14.4 Å². The van der Waals surface area contributed by atoms with Crippen molar-refractivity contribution in [2.45, 2.75) is 46.1 Å². The normalized spacial score (nSPS) is 11.2. The van der Waals surface area contributed by atoms with E-state index in [0.29, 0.717) is 19.8 Å². The van der Waals surface area contributed by atoms with E-state index in [4.69, 9.17) is 9.47 Å². The van der Waals surface area contributed by atoms with Crippen LogP contribution in [-0.4, -0.2) is 23.0 Å². The van der Waals surface area contributed by atoms with Crippen molar-refractivity contribution >= 4 is 5.91 Å². The van der Waals surface area contributed by atoms with Crippen LogP contribution in [0.3, 0.4) is 0 Å². The van der Waals surface area contributed by atoms with Gasteiger partial charge in [-0.3, -0.25) is 4.79 Å². The lowest BCUT2D eigenvalue weighted by Crippen LogP contribution is -2.46. The van der Waals surface area contributed by atoms with Crippen molar-refractivity contribution in [3.63, 3.8) is 0 Å². The van der Waals surface area contributed by atoms with Crippen LogP contribution in [0.15, 0.2) is 84.9 Å². The third-order valence-electron chi connectivity index (χ3n) is 4.94. The van der Waals surface area contributed by atoms with E-state index >= 15 is 0 Å². The summed E-state index contributed by atoms with van der Waals surface area (Å²) in [6.45, 7) is 7.61. The molecule has 4 nitrogen and oxygen atoms in total. The smallest absolute Gasteiger partial charge is 0.249 e. The molecule has 0 unspecified atom stereocenters. The maximum absolute atomic E-state index is 12.9. The van der Waals surface area contributed by atoms with E-state index in [0.717, 1.165) is 22.4 Å². The van der Waals surface area contributed by atoms with E-state index in [1.165, 1.54) is 0 Å². The molecule has 0 spiro atoms. The predicted molar refractivity (Wildman–Crippen MR) is 124 cm³/mol. The molecule has 0 fully saturated rings. The van der Waals surface area contributed by atoms with Crippen LogP contribution in [-0.2, 0) is 29.3 Å². The first-order valence-corrected chi connectivity index (χ1v) is 10.6. The molecule has 0 bridgehead atoms. The molecule has 0 radical (unpaired) electrons. The number of carbonyl (C=O) groups is 1. The molecule has 162 valence electrons. The Kier molecular flexibility index (Phi) is 7.85. The Morgan fingerprint density at radius 1 is 0.774 bits per heavy atom. The van der Waals surface area contributed by atoms with Crippen LogP contribution in [0.2, 0.25) is 0 Å². The molecule has 0 heterocycles. The molecule has 0 saturated carbocycles. The Morgan fingerprint density at radius 2 is 1.35 bits per heavy atom. The van der Waals surface area contributed by atoms with Crippen molar-refractivity contribution in [3.8, 4) is 5.75 Å². The van der Waals surface area contributed by atoms with Crippen molar-refractivity contribution in [2.24, 2.45) is 0 Å². The molecule has 0 aliphatic carbocycles. The van der Waals surface area contributed by atoms with Gasteiger partial charge in [0, 0.05) is 12.1 Å². The highest BCUT2D eigenvalue weighted by molar-refractivity contribution is 5.78. The minimum atomic E-state index is -0.325. The van der Waals surface area contributed by atoms with Gasteiger partial charge in [0.25, 0.3) is 0 Å². The van der Waals surface area contributed by atoms with Crippen LogP contribution in [0, 0.1) is 0 Å². The largest absolute Gasteiger partial charge is 0.489 e. The van der Waals surface area contributed by atoms with E-state index in [9.17, 15) is 4.79 Å². The standard InChI is InChI=1S/C27H31NO3/c1-27(2,3)28(26(29)21-30-19-22-11-6-4-7-12-22)18-24-15-10-16-25(17-24)31-20-23-13-8-5-9-14-23/h4-17H,18-21H2,1-3H3. The molecule has 3 rings (SSSR count). The average molecular weight is 418 g/mol. The predicted octanol–water partition coefficient (Wildman–Crippen LogP) is 5.61. The van der Waals surface area contributed by atoms with Crippen molar-refractivity contribution < 1.29 is 14.3 Å². The summed E-state index contributed by atoms with van der Waals surface area (Å²) in [5.41, 5.74) is 2.88. The molecule has 3 aromatic rings. The molecular formula is C27H31NO3. The van der Waals surface area contributed by atoms with Crippen LogP contribution in [0.4, 0.5) is 0 Å². The van der Waals surface area contributed by atoms with Gasteiger partial charge in [-0.15, -0.1) is 0 Å². The number of benzene rings is 3. The third-order valence-corrected chi connectivity index (χ3v) is 4.94. The van der Waals surface area contributed by atoms with Gasteiger partial charge in [-0.25, -0.2) is 0 Å². The maximum atomic E-state index is 12.9. The first-order chi connectivity index (χ1) is 14.9. The number of carbonyl (C=O) groups excluding carboxylic acids is 1. The number of nitrogens with zero attached hydrogens (tertiary/aromatic N) is 1. The number of rotatable bonds is 9. The Labute approximate surface area is 185 Å². The fraction of sp³-hybridized carbons (Fsp3) is 0.296. The Bertz CT molecular complexity index is 949. The lowest BCUT2D eigenvalue weighted by molar-refractivity contribution is -0.142. The molecule has 3 aromatic carbocycles. The summed E-state index contributed by atoms with van der Waals surface area (Å²) in [5.74, 6) is 0.766. The lowest BCUT2D eigenvalue weighted by Gasteiger charge is -2.36. The molecule has 31 heavy (non-hydrogen) atoms. The minimum Gasteiger partial charge on any atom is -0.489 e. The molecule has 0 aliphatic heterocycles. The molecule has 4 heteroatoms. The van der Waals surface area contributed by atoms with Gasteiger partial charge in [0.1, 0.15) is 19.0 Å². The van der Waals surface area contributed by atoms with Crippen molar-refractivity contribution in [3.05, 3.63) is 102 Å². The zero-order chi connectivity index (χ0) is 22.1. The van der Waals surface area contributed by atoms with E-state index in [2.05, 4.69) is 0 Å². The van der Waals surface area contributed by atoms with Gasteiger partial charge in [0.2, 0.25) is 5.91 Å². The van der Waals surface area contributed by atoms with E-state index in [1.54, 1.807) is 0 Å². The molecule has 0 atom stereocenters. The monoisotopic (exact) mass is 417 g/mol. The zero-order valence-electron chi connectivity index (χ0n) is 18.6. The first kappa shape index (κ1) is 22.6. The summed E-state index contributed by atoms with van der Waals surface area (Å²) < 4.78 is 11.6. The lowest BCUT2D eigenvalue weighted by atomic mass is 10.0. The molecule has 0 aromatic heterocycles. The maximum Gasteiger partial charge on any atom is 0.249 e. The van der Waals surface area contributed by atoms with Crippen molar-refractivity contribution in [1.29, 1.82) is 0 Å². The molecule has 0 N–H and O–H groups in total. The number of hydrogen-bond donors (Lipinski definition) is 0. The summed E-state index contributed by atoms with van der Waals surface area (Å²) in [6, 6.07) is 27.9. The van der Waals surface area contributed by atoms with E-state index < -0.39 is 0 Å². The highest BCUT2D eigenvalue weighted by Crippen LogP contribution is 2.21. The fourth-order valence-electron chi connectivity index (χ4n) is 3.26. The second kappa shape index (κ2) is 10.8. The Hall–Kier alpha value is -3.11. The van der Waals surface area contributed by atoms with Crippen LogP contribution in [0.25, 0.3) is 0 Å². The van der Waals surface area contributed by atoms with Crippen molar-refractivity contribution in [2.75, 3.05) is 6.61 Å². The van der Waals surface area contributed by atoms with Crippen molar-refractivity contribution in [1.82, 2.24) is 4.90 Å². The highest BCUT2D eigenvalue weighted by atomic mass is 16.5. The van der Waals surface area contributed by atoms with Crippen LogP contribution in [0.5, 0.6) is 5.75 Å². The van der Waals surface area contributed by atoms with Gasteiger partial charge >= 0.3 is 0 Å². The fourth-order valence-corrected chi connectivity index (χ4v) is 3.26. The molecule has 0 aliphatic rings. The van der Waals surface area contributed by atoms with Crippen LogP contribution in [0.1, 0.15) is 37.5 Å². The number of ether oxygens (including phenoxy) is 2. The highest BCUT2D eigenvalue weighted by Gasteiger charge is 2.26. The van der Waals surface area contributed by atoms with Gasteiger partial charge in [-0.2, -0.15) is 0 Å². The number of hydrogen-bond acceptors (Lipinski definition) is 3. The van der Waals surface area contributed by atoms with Crippen LogP contribution >= 0.6 is 0 Å². The molecule has 0 saturated heterocycles. The van der Waals surface area contributed by atoms with Gasteiger partial charge in [0.05, 0.1) is 6.61 Å². The first-order valence-electron chi connectivity index (χ1n) is 10.6. The minimum absolute atomic E-state index is 0.0287. The Morgan fingerprint density at radius 3 is 1.97 bits per heavy atom. The summed E-state index contributed by atoms with van der Waals surface area (Å²) in [4.78, 5) is 14.8. The summed E-state index contributed by atoms with van der Waals surface area (Å²) >= 11 is 0. The summed E-state index contributed by atoms with van der Waals surface area (Å²) in [6.07, 6.45) is 0. The summed E-state index contributed by atoms with van der Waals surface area (Å²) in [5, 5.41) is 0. The van der Waals surface area contributed by atoms with E-state index in [-0.39, 0.29) is 18.1 Å². The SMILES string of the molecule is CC(C)(C)N(Cc1cccc(OCc2ccccc2)c1)C(=O)COCc1ccccc1. The molecular weight excluding hydrogens is 386 g/mol. The molecule has 1 amide bonds. The Balaban J connectivity index is 1.60. The van der Waals surface area contributed by atoms with Gasteiger partial charge in [0.15, 0.2) is 0 Å². The topological polar surface area (TPSA) is 38.8 Å². The quantitative estimate of drug-likeness (QED) is 0.454. The zero-order valence-corrected chi connectivity index (χ0v) is 18.6. The number of amides is 1. The second-order valence-corrected chi connectivity index (χ2v) is 8.55. The average Bonchev–Trinajstić information content (AvgIpc) is 2.77. The summed E-state index contributed by atoms with van der Waals surface area (Å²) in [7, 11) is 0. The van der Waals surface area contributed by atoms with Gasteiger partial charge in [-0.05, 0) is 49.6 Å².